The molecule has 1 N–H and O–H groups in total. The second kappa shape index (κ2) is 6.00. The molecule has 0 saturated heterocycles. The van der Waals surface area contributed by atoms with E-state index in [-0.39, 0.29) is 11.9 Å². The molecule has 0 fully saturated rings. The van der Waals surface area contributed by atoms with E-state index >= 15 is 0 Å². The second-order valence-corrected chi connectivity index (χ2v) is 5.46. The van der Waals surface area contributed by atoms with Crippen LogP contribution in [-0.2, 0) is 11.2 Å². The average Bonchev–Trinajstić information content (AvgIpc) is 2.50. The fraction of sp³-hybridized carbons (Fsp3) is 0.278. The van der Waals surface area contributed by atoms with Crippen molar-refractivity contribution in [2.24, 2.45) is 0 Å². The van der Waals surface area contributed by atoms with Gasteiger partial charge in [-0.1, -0.05) is 48.0 Å². The topological polar surface area (TPSA) is 38.3 Å². The number of fused-ring (bicyclic) bond motifs is 1. The highest BCUT2D eigenvalue weighted by Crippen LogP contribution is 2.31. The van der Waals surface area contributed by atoms with Crippen molar-refractivity contribution in [3.63, 3.8) is 0 Å². The highest BCUT2D eigenvalue weighted by molar-refractivity contribution is 5.79. The molecule has 1 atom stereocenters. The van der Waals surface area contributed by atoms with Crippen LogP contribution < -0.4 is 10.1 Å². The van der Waals surface area contributed by atoms with E-state index < -0.39 is 0 Å². The average molecular weight is 281 g/mol. The number of ether oxygens (including phenoxy) is 1. The Morgan fingerprint density at radius 3 is 2.76 bits per heavy atom. The summed E-state index contributed by atoms with van der Waals surface area (Å²) < 4.78 is 5.62. The second-order valence-electron chi connectivity index (χ2n) is 5.46. The summed E-state index contributed by atoms with van der Waals surface area (Å²) in [4.78, 5) is 12.2. The van der Waals surface area contributed by atoms with Gasteiger partial charge < -0.3 is 10.1 Å². The Bertz CT molecular complexity index is 634. The predicted octanol–water partition coefficient (Wildman–Crippen LogP) is 3.18. The van der Waals surface area contributed by atoms with Crippen molar-refractivity contribution in [3.05, 3.63) is 65.2 Å². The van der Waals surface area contributed by atoms with Gasteiger partial charge in [0.05, 0.1) is 19.1 Å². The van der Waals surface area contributed by atoms with Crippen molar-refractivity contribution in [1.29, 1.82) is 0 Å². The van der Waals surface area contributed by atoms with E-state index in [0.29, 0.717) is 13.0 Å². The van der Waals surface area contributed by atoms with Crippen LogP contribution in [-0.4, -0.2) is 12.5 Å². The fourth-order valence-corrected chi connectivity index (χ4v) is 2.63. The predicted molar refractivity (Wildman–Crippen MR) is 82.3 cm³/mol. The van der Waals surface area contributed by atoms with Crippen LogP contribution in [0.15, 0.2) is 48.5 Å². The van der Waals surface area contributed by atoms with Crippen molar-refractivity contribution >= 4 is 5.91 Å². The van der Waals surface area contributed by atoms with Crippen LogP contribution in [0.25, 0.3) is 0 Å². The van der Waals surface area contributed by atoms with Gasteiger partial charge in [-0.15, -0.1) is 0 Å². The minimum Gasteiger partial charge on any atom is -0.493 e. The molecule has 0 unspecified atom stereocenters. The lowest BCUT2D eigenvalue weighted by molar-refractivity contribution is -0.121. The minimum absolute atomic E-state index is 0.0490. The van der Waals surface area contributed by atoms with E-state index in [1.165, 1.54) is 5.56 Å². The molecule has 3 rings (SSSR count). The molecule has 1 heterocycles. The first-order valence-corrected chi connectivity index (χ1v) is 7.29. The number of amides is 1. The largest absolute Gasteiger partial charge is 0.493 e. The minimum atomic E-state index is 0.0490. The first-order chi connectivity index (χ1) is 10.2. The molecule has 1 aliphatic rings. The van der Waals surface area contributed by atoms with E-state index in [9.17, 15) is 4.79 Å². The van der Waals surface area contributed by atoms with E-state index in [1.807, 2.05) is 55.5 Å². The molecule has 2 aromatic carbocycles. The number of rotatable bonds is 3. The normalized spacial score (nSPS) is 16.7. The fourth-order valence-electron chi connectivity index (χ4n) is 2.63. The van der Waals surface area contributed by atoms with Gasteiger partial charge in [0.25, 0.3) is 0 Å². The molecule has 0 aromatic heterocycles. The molecular weight excluding hydrogens is 262 g/mol. The van der Waals surface area contributed by atoms with E-state index in [2.05, 4.69) is 5.32 Å². The maximum Gasteiger partial charge on any atom is 0.224 e. The van der Waals surface area contributed by atoms with Gasteiger partial charge >= 0.3 is 0 Å². The summed E-state index contributed by atoms with van der Waals surface area (Å²) in [6.07, 6.45) is 1.23. The van der Waals surface area contributed by atoms with Gasteiger partial charge in [-0.3, -0.25) is 4.79 Å². The number of hydrogen-bond acceptors (Lipinski definition) is 2. The third kappa shape index (κ3) is 3.24. The SMILES string of the molecule is Cc1ccc(CC(=O)N[C@@H]2CCOc3ccccc32)cc1. The summed E-state index contributed by atoms with van der Waals surface area (Å²) in [6, 6.07) is 16.0. The Balaban J connectivity index is 1.67. The molecule has 3 heteroatoms. The van der Waals surface area contributed by atoms with Crippen LogP contribution >= 0.6 is 0 Å². The van der Waals surface area contributed by atoms with Crippen molar-refractivity contribution in [3.8, 4) is 5.75 Å². The van der Waals surface area contributed by atoms with E-state index in [1.54, 1.807) is 0 Å². The molecule has 0 radical (unpaired) electrons. The molecule has 0 aliphatic carbocycles. The molecular formula is C18H19NO2. The molecule has 0 spiro atoms. The van der Waals surface area contributed by atoms with Crippen LogP contribution in [0.4, 0.5) is 0 Å². The molecule has 0 saturated carbocycles. The number of carbonyl (C=O) groups excluding carboxylic acids is 1. The van der Waals surface area contributed by atoms with Crippen molar-refractivity contribution in [2.45, 2.75) is 25.8 Å². The lowest BCUT2D eigenvalue weighted by Gasteiger charge is -2.26. The van der Waals surface area contributed by atoms with Gasteiger partial charge in [-0.25, -0.2) is 0 Å². The molecule has 1 aliphatic heterocycles. The van der Waals surface area contributed by atoms with Gasteiger partial charge in [-0.2, -0.15) is 0 Å². The van der Waals surface area contributed by atoms with Crippen LogP contribution in [0, 0.1) is 6.92 Å². The highest BCUT2D eigenvalue weighted by atomic mass is 16.5. The number of para-hydroxylation sites is 1. The van der Waals surface area contributed by atoms with Gasteiger partial charge in [0.15, 0.2) is 0 Å². The van der Waals surface area contributed by atoms with Crippen LogP contribution in [0.2, 0.25) is 0 Å². The van der Waals surface area contributed by atoms with Crippen molar-refractivity contribution in [1.82, 2.24) is 5.32 Å². The highest BCUT2D eigenvalue weighted by Gasteiger charge is 2.22. The summed E-state index contributed by atoms with van der Waals surface area (Å²) in [5, 5.41) is 3.12. The summed E-state index contributed by atoms with van der Waals surface area (Å²) in [5.41, 5.74) is 3.32. The summed E-state index contributed by atoms with van der Waals surface area (Å²) in [7, 11) is 0. The van der Waals surface area contributed by atoms with Crippen LogP contribution in [0.1, 0.15) is 29.2 Å². The lowest BCUT2D eigenvalue weighted by Crippen LogP contribution is -2.33. The first-order valence-electron chi connectivity index (χ1n) is 7.29. The summed E-state index contributed by atoms with van der Waals surface area (Å²) >= 11 is 0. The third-order valence-electron chi connectivity index (χ3n) is 3.78. The van der Waals surface area contributed by atoms with Gasteiger partial charge in [-0.05, 0) is 18.6 Å². The molecule has 3 nitrogen and oxygen atoms in total. The smallest absolute Gasteiger partial charge is 0.224 e. The molecule has 2 aromatic rings. The Morgan fingerprint density at radius 1 is 1.19 bits per heavy atom. The summed E-state index contributed by atoms with van der Waals surface area (Å²) in [6.45, 7) is 2.69. The number of hydrogen-bond donors (Lipinski definition) is 1. The first kappa shape index (κ1) is 13.7. The van der Waals surface area contributed by atoms with E-state index in [4.69, 9.17) is 4.74 Å². The molecule has 0 bridgehead atoms. The van der Waals surface area contributed by atoms with E-state index in [0.717, 1.165) is 23.3 Å². The maximum absolute atomic E-state index is 12.2. The zero-order valence-electron chi connectivity index (χ0n) is 12.1. The number of aryl methyl sites for hydroxylation is 1. The summed E-state index contributed by atoms with van der Waals surface area (Å²) in [5.74, 6) is 0.935. The van der Waals surface area contributed by atoms with Crippen molar-refractivity contribution in [2.75, 3.05) is 6.61 Å². The molecule has 21 heavy (non-hydrogen) atoms. The Labute approximate surface area is 124 Å². The zero-order valence-corrected chi connectivity index (χ0v) is 12.1. The van der Waals surface area contributed by atoms with Crippen LogP contribution in [0.5, 0.6) is 5.75 Å². The van der Waals surface area contributed by atoms with Gasteiger partial charge in [0.1, 0.15) is 5.75 Å². The zero-order chi connectivity index (χ0) is 14.7. The Hall–Kier alpha value is -2.29. The molecule has 108 valence electrons. The Morgan fingerprint density at radius 2 is 1.95 bits per heavy atom. The van der Waals surface area contributed by atoms with Gasteiger partial charge in [0.2, 0.25) is 5.91 Å². The monoisotopic (exact) mass is 281 g/mol. The quantitative estimate of drug-likeness (QED) is 0.938. The maximum atomic E-state index is 12.2. The molecule has 1 amide bonds. The van der Waals surface area contributed by atoms with Gasteiger partial charge in [0, 0.05) is 12.0 Å². The van der Waals surface area contributed by atoms with Crippen LogP contribution in [0.3, 0.4) is 0 Å². The Kier molecular flexibility index (Phi) is 3.91. The standard InChI is InChI=1S/C18H19NO2/c1-13-6-8-14(9-7-13)12-18(20)19-16-10-11-21-17-5-3-2-4-15(16)17/h2-9,16H,10-12H2,1H3,(H,19,20)/t16-/m1/s1. The number of benzene rings is 2. The lowest BCUT2D eigenvalue weighted by atomic mass is 10.00. The number of nitrogens with one attached hydrogen (secondary N) is 1. The third-order valence-corrected chi connectivity index (χ3v) is 3.78. The van der Waals surface area contributed by atoms with Crippen molar-refractivity contribution < 1.29 is 9.53 Å². The number of carbonyl (C=O) groups is 1.